The monoisotopic (exact) mass is 649 g/mol. The van der Waals surface area contributed by atoms with Crippen LogP contribution >= 0.6 is 38.5 Å². The summed E-state index contributed by atoms with van der Waals surface area (Å²) < 4.78 is 27.9. The third-order valence-electron chi connectivity index (χ3n) is 4.70. The zero-order valence-corrected chi connectivity index (χ0v) is 23.9. The fourth-order valence-corrected chi connectivity index (χ4v) is 4.77. The first kappa shape index (κ1) is 27.6. The molecule has 0 aromatic heterocycles. The van der Waals surface area contributed by atoms with Crippen molar-refractivity contribution in [3.8, 4) is 0 Å². The predicted octanol–water partition coefficient (Wildman–Crippen LogP) is 4.15. The Balaban J connectivity index is 2.39. The van der Waals surface area contributed by atoms with Crippen molar-refractivity contribution in [2.45, 2.75) is 45.8 Å². The van der Waals surface area contributed by atoms with Crippen LogP contribution in [0.5, 0.6) is 0 Å². The van der Waals surface area contributed by atoms with E-state index in [2.05, 4.69) is 43.8 Å². The molecule has 180 valence electrons. The summed E-state index contributed by atoms with van der Waals surface area (Å²) in [7, 11) is -3.74. The van der Waals surface area contributed by atoms with Gasteiger partial charge in [0.1, 0.15) is 12.6 Å². The SMILES string of the molecule is C[C@H](C(=O)NC(C)(C)C)N(Cc1cccc(Br)c1)C(=O)CN(c1ccc(I)cc1)S(C)(=O)=O. The molecule has 10 heteroatoms. The quantitative estimate of drug-likeness (QED) is 0.436. The molecule has 0 aliphatic carbocycles. The van der Waals surface area contributed by atoms with Crippen LogP contribution in [0.1, 0.15) is 33.3 Å². The lowest BCUT2D eigenvalue weighted by Crippen LogP contribution is -2.54. The summed E-state index contributed by atoms with van der Waals surface area (Å²) in [6.07, 6.45) is 1.06. The predicted molar refractivity (Wildman–Crippen MR) is 143 cm³/mol. The summed E-state index contributed by atoms with van der Waals surface area (Å²) in [5.74, 6) is -0.790. The molecule has 0 aliphatic rings. The first-order valence-electron chi connectivity index (χ1n) is 10.3. The number of anilines is 1. The molecule has 0 saturated carbocycles. The van der Waals surface area contributed by atoms with Gasteiger partial charge in [-0.1, -0.05) is 28.1 Å². The van der Waals surface area contributed by atoms with E-state index in [1.165, 1.54) is 4.90 Å². The highest BCUT2D eigenvalue weighted by Gasteiger charge is 2.31. The molecule has 0 spiro atoms. The number of sulfonamides is 1. The van der Waals surface area contributed by atoms with Crippen molar-refractivity contribution in [1.29, 1.82) is 0 Å². The van der Waals surface area contributed by atoms with Crippen LogP contribution in [0.2, 0.25) is 0 Å². The molecule has 1 atom stereocenters. The lowest BCUT2D eigenvalue weighted by atomic mass is 10.1. The molecule has 0 bridgehead atoms. The topological polar surface area (TPSA) is 86.8 Å². The standard InChI is InChI=1S/C23H29BrIN3O4S/c1-16(22(30)26-23(2,3)4)27(14-17-7-6-8-18(24)13-17)21(29)15-28(33(5,31)32)20-11-9-19(25)10-12-20/h6-13,16H,14-15H2,1-5H3,(H,26,30)/t16-/m1/s1. The van der Waals surface area contributed by atoms with Crippen molar-refractivity contribution < 1.29 is 18.0 Å². The molecule has 0 aliphatic heterocycles. The summed E-state index contributed by atoms with van der Waals surface area (Å²) in [6.45, 7) is 6.97. The average Bonchev–Trinajstić information content (AvgIpc) is 2.68. The second-order valence-electron chi connectivity index (χ2n) is 8.81. The van der Waals surface area contributed by atoms with Gasteiger partial charge < -0.3 is 10.2 Å². The highest BCUT2D eigenvalue weighted by molar-refractivity contribution is 14.1. The van der Waals surface area contributed by atoms with Gasteiger partial charge in [-0.2, -0.15) is 0 Å². The van der Waals surface area contributed by atoms with Gasteiger partial charge in [0.05, 0.1) is 11.9 Å². The average molecular weight is 650 g/mol. The number of nitrogens with one attached hydrogen (secondary N) is 1. The molecule has 2 aromatic rings. The second-order valence-corrected chi connectivity index (χ2v) is 12.9. The first-order valence-corrected chi connectivity index (χ1v) is 14.0. The van der Waals surface area contributed by atoms with E-state index in [-0.39, 0.29) is 12.5 Å². The molecule has 0 radical (unpaired) electrons. The van der Waals surface area contributed by atoms with Gasteiger partial charge in [-0.15, -0.1) is 0 Å². The Morgan fingerprint density at radius 3 is 2.24 bits per heavy atom. The number of hydrogen-bond acceptors (Lipinski definition) is 4. The molecule has 1 N–H and O–H groups in total. The maximum Gasteiger partial charge on any atom is 0.244 e. The number of halogens is 2. The van der Waals surface area contributed by atoms with Crippen LogP contribution < -0.4 is 9.62 Å². The molecule has 0 heterocycles. The highest BCUT2D eigenvalue weighted by Crippen LogP contribution is 2.21. The first-order chi connectivity index (χ1) is 15.2. The number of benzene rings is 2. The molecule has 0 unspecified atom stereocenters. The van der Waals surface area contributed by atoms with Crippen molar-refractivity contribution in [3.05, 3.63) is 62.1 Å². The Hall–Kier alpha value is -1.66. The van der Waals surface area contributed by atoms with Crippen molar-refractivity contribution in [3.63, 3.8) is 0 Å². The van der Waals surface area contributed by atoms with E-state index in [0.29, 0.717) is 5.69 Å². The Morgan fingerprint density at radius 1 is 1.12 bits per heavy atom. The van der Waals surface area contributed by atoms with Crippen molar-refractivity contribution >= 4 is 66.0 Å². The minimum absolute atomic E-state index is 0.154. The number of hydrogen-bond donors (Lipinski definition) is 1. The van der Waals surface area contributed by atoms with E-state index in [1.54, 1.807) is 31.2 Å². The fraction of sp³-hybridized carbons (Fsp3) is 0.391. The van der Waals surface area contributed by atoms with Gasteiger partial charge in [-0.05, 0) is 92.2 Å². The molecule has 2 rings (SSSR count). The Kier molecular flexibility index (Phi) is 9.34. The minimum Gasteiger partial charge on any atom is -0.350 e. The Labute approximate surface area is 218 Å². The van der Waals surface area contributed by atoms with E-state index in [4.69, 9.17) is 0 Å². The molecule has 0 fully saturated rings. The maximum absolute atomic E-state index is 13.5. The molecule has 33 heavy (non-hydrogen) atoms. The van der Waals surface area contributed by atoms with Crippen LogP contribution in [0.3, 0.4) is 0 Å². The van der Waals surface area contributed by atoms with E-state index in [1.807, 2.05) is 45.0 Å². The van der Waals surface area contributed by atoms with E-state index < -0.39 is 34.1 Å². The van der Waals surface area contributed by atoms with Crippen LogP contribution in [0, 0.1) is 3.57 Å². The van der Waals surface area contributed by atoms with Gasteiger partial charge in [0.2, 0.25) is 21.8 Å². The number of carbonyl (C=O) groups excluding carboxylic acids is 2. The van der Waals surface area contributed by atoms with Crippen LogP contribution in [-0.2, 0) is 26.2 Å². The molecule has 0 saturated heterocycles. The summed E-state index contributed by atoms with van der Waals surface area (Å²) in [6, 6.07) is 13.5. The number of nitrogens with zero attached hydrogens (tertiary/aromatic N) is 2. The lowest BCUT2D eigenvalue weighted by molar-refractivity contribution is -0.140. The van der Waals surface area contributed by atoms with Gasteiger partial charge in [0, 0.05) is 20.1 Å². The largest absolute Gasteiger partial charge is 0.350 e. The molecular formula is C23H29BrIN3O4S. The number of carbonyl (C=O) groups is 2. The third kappa shape index (κ3) is 8.56. The maximum atomic E-state index is 13.5. The molecular weight excluding hydrogens is 621 g/mol. The van der Waals surface area contributed by atoms with Gasteiger partial charge in [0.15, 0.2) is 0 Å². The normalized spacial score (nSPS) is 12.7. The molecule has 2 amide bonds. The van der Waals surface area contributed by atoms with E-state index >= 15 is 0 Å². The van der Waals surface area contributed by atoms with Gasteiger partial charge in [-0.3, -0.25) is 13.9 Å². The zero-order valence-electron chi connectivity index (χ0n) is 19.3. The van der Waals surface area contributed by atoms with Crippen molar-refractivity contribution in [2.24, 2.45) is 0 Å². The smallest absolute Gasteiger partial charge is 0.244 e. The van der Waals surface area contributed by atoms with E-state index in [0.717, 1.165) is 24.2 Å². The summed E-state index contributed by atoms with van der Waals surface area (Å²) in [5, 5.41) is 2.90. The van der Waals surface area contributed by atoms with Crippen LogP contribution in [0.25, 0.3) is 0 Å². The Bertz CT molecular complexity index is 1100. The fourth-order valence-electron chi connectivity index (χ4n) is 3.11. The molecule has 2 aromatic carbocycles. The summed E-state index contributed by atoms with van der Waals surface area (Å²) >= 11 is 5.55. The zero-order chi connectivity index (χ0) is 25.0. The van der Waals surface area contributed by atoms with Crippen LogP contribution in [0.4, 0.5) is 5.69 Å². The van der Waals surface area contributed by atoms with Crippen LogP contribution in [0.15, 0.2) is 53.0 Å². The van der Waals surface area contributed by atoms with Gasteiger partial charge >= 0.3 is 0 Å². The summed E-state index contributed by atoms with van der Waals surface area (Å²) in [4.78, 5) is 27.8. The number of rotatable bonds is 8. The second kappa shape index (κ2) is 11.2. The van der Waals surface area contributed by atoms with Crippen molar-refractivity contribution in [1.82, 2.24) is 10.2 Å². The Morgan fingerprint density at radius 2 is 1.73 bits per heavy atom. The van der Waals surface area contributed by atoms with E-state index in [9.17, 15) is 18.0 Å². The van der Waals surface area contributed by atoms with Crippen molar-refractivity contribution in [2.75, 3.05) is 17.1 Å². The highest BCUT2D eigenvalue weighted by atomic mass is 127. The van der Waals surface area contributed by atoms with Gasteiger partial charge in [0.25, 0.3) is 0 Å². The summed E-state index contributed by atoms with van der Waals surface area (Å²) in [5.41, 5.74) is 0.726. The lowest BCUT2D eigenvalue weighted by Gasteiger charge is -2.33. The minimum atomic E-state index is -3.74. The van der Waals surface area contributed by atoms with Crippen LogP contribution in [-0.4, -0.2) is 49.5 Å². The number of amides is 2. The molecule has 7 nitrogen and oxygen atoms in total. The third-order valence-corrected chi connectivity index (χ3v) is 7.05. The van der Waals surface area contributed by atoms with Gasteiger partial charge in [-0.25, -0.2) is 8.42 Å².